The smallest absolute Gasteiger partial charge is 0.408 e. The molecule has 0 fully saturated rings. The Morgan fingerprint density at radius 1 is 1.00 bits per heavy atom. The number of ether oxygens (including phenoxy) is 2. The molecular formula is C30H43Cl2N3O7. The SMILES string of the molecule is C=CC(C)C/C=C(\C)COC(=O)N[C@H](C(=O)N[C@@H](C)C(=O)N[C@@H](CC)C(=O)COC(=O)C1=C(Cl)CCC=C1Cl)C(C)C. The Morgan fingerprint density at radius 2 is 1.67 bits per heavy atom. The number of alkyl carbamates (subject to hydrolysis) is 1. The molecule has 0 saturated carbocycles. The topological polar surface area (TPSA) is 140 Å². The number of rotatable bonds is 16. The minimum atomic E-state index is -1.03. The van der Waals surface area contributed by atoms with Crippen LogP contribution in [0, 0.1) is 11.8 Å². The van der Waals surface area contributed by atoms with Crippen LogP contribution in [0.2, 0.25) is 0 Å². The molecule has 0 saturated heterocycles. The molecule has 3 amide bonds. The van der Waals surface area contributed by atoms with E-state index in [0.29, 0.717) is 18.8 Å². The van der Waals surface area contributed by atoms with Crippen molar-refractivity contribution in [2.75, 3.05) is 13.2 Å². The fraction of sp³-hybridized carbons (Fsp3) is 0.567. The number of carbonyl (C=O) groups is 5. The monoisotopic (exact) mass is 627 g/mol. The van der Waals surface area contributed by atoms with E-state index in [1.807, 2.05) is 26.0 Å². The molecule has 1 unspecified atom stereocenters. The van der Waals surface area contributed by atoms with E-state index in [9.17, 15) is 24.0 Å². The first kappa shape index (κ1) is 36.9. The quantitative estimate of drug-likeness (QED) is 0.165. The number of esters is 1. The molecule has 1 rings (SSSR count). The van der Waals surface area contributed by atoms with E-state index in [-0.39, 0.29) is 34.6 Å². The van der Waals surface area contributed by atoms with Gasteiger partial charge in [-0.2, -0.15) is 0 Å². The highest BCUT2D eigenvalue weighted by Crippen LogP contribution is 2.31. The fourth-order valence-corrected chi connectivity index (χ4v) is 4.34. The Labute approximate surface area is 258 Å². The molecule has 3 N–H and O–H groups in total. The number of nitrogens with one attached hydrogen (secondary N) is 3. The van der Waals surface area contributed by atoms with Crippen LogP contribution in [-0.4, -0.2) is 61.0 Å². The molecule has 12 heteroatoms. The summed E-state index contributed by atoms with van der Waals surface area (Å²) in [6.45, 7) is 13.7. The summed E-state index contributed by atoms with van der Waals surface area (Å²) in [6.07, 6.45) is 6.70. The zero-order valence-electron chi connectivity index (χ0n) is 25.2. The van der Waals surface area contributed by atoms with Gasteiger partial charge < -0.3 is 25.4 Å². The van der Waals surface area contributed by atoms with Crippen molar-refractivity contribution in [2.45, 2.75) is 85.4 Å². The van der Waals surface area contributed by atoms with Crippen LogP contribution in [0.4, 0.5) is 4.79 Å². The summed E-state index contributed by atoms with van der Waals surface area (Å²) in [5, 5.41) is 8.09. The van der Waals surface area contributed by atoms with Crippen molar-refractivity contribution in [1.29, 1.82) is 0 Å². The number of ketones is 1. The molecule has 0 bridgehead atoms. The maximum Gasteiger partial charge on any atom is 0.408 e. The van der Waals surface area contributed by atoms with Gasteiger partial charge in [0.05, 0.1) is 16.6 Å². The average molecular weight is 629 g/mol. The summed E-state index contributed by atoms with van der Waals surface area (Å²) in [6, 6.07) is -2.97. The highest BCUT2D eigenvalue weighted by atomic mass is 35.5. The van der Waals surface area contributed by atoms with Gasteiger partial charge in [0.1, 0.15) is 18.7 Å². The van der Waals surface area contributed by atoms with Crippen LogP contribution in [0.1, 0.15) is 67.2 Å². The Bertz CT molecular complexity index is 1110. The lowest BCUT2D eigenvalue weighted by Crippen LogP contribution is -2.56. The van der Waals surface area contributed by atoms with Crippen LogP contribution in [0.25, 0.3) is 0 Å². The number of hydrogen-bond donors (Lipinski definition) is 3. The van der Waals surface area contributed by atoms with E-state index in [1.165, 1.54) is 6.92 Å². The maximum atomic E-state index is 12.9. The molecule has 0 aromatic rings. The van der Waals surface area contributed by atoms with E-state index < -0.39 is 54.4 Å². The Kier molecular flexibility index (Phi) is 16.2. The Balaban J connectivity index is 2.66. The third-order valence-corrected chi connectivity index (χ3v) is 7.23. The maximum absolute atomic E-state index is 12.9. The van der Waals surface area contributed by atoms with Gasteiger partial charge in [0.25, 0.3) is 0 Å². The van der Waals surface area contributed by atoms with E-state index in [0.717, 1.165) is 12.0 Å². The van der Waals surface area contributed by atoms with Crippen LogP contribution >= 0.6 is 23.2 Å². The molecule has 4 atom stereocenters. The summed E-state index contributed by atoms with van der Waals surface area (Å²) in [7, 11) is 0. The lowest BCUT2D eigenvalue weighted by molar-refractivity contribution is -0.145. The summed E-state index contributed by atoms with van der Waals surface area (Å²) < 4.78 is 10.3. The van der Waals surface area contributed by atoms with Gasteiger partial charge in [0.2, 0.25) is 11.8 Å². The largest absolute Gasteiger partial charge is 0.454 e. The van der Waals surface area contributed by atoms with Gasteiger partial charge in [-0.3, -0.25) is 14.4 Å². The molecule has 10 nitrogen and oxygen atoms in total. The summed E-state index contributed by atoms with van der Waals surface area (Å²) in [5.41, 5.74) is 0.882. The van der Waals surface area contributed by atoms with Crippen molar-refractivity contribution in [3.63, 3.8) is 0 Å². The van der Waals surface area contributed by atoms with E-state index in [4.69, 9.17) is 32.7 Å². The van der Waals surface area contributed by atoms with Crippen molar-refractivity contribution in [3.05, 3.63) is 46.0 Å². The minimum absolute atomic E-state index is 0.0211. The predicted octanol–water partition coefficient (Wildman–Crippen LogP) is 4.82. The summed E-state index contributed by atoms with van der Waals surface area (Å²) in [4.78, 5) is 63.1. The second-order valence-corrected chi connectivity index (χ2v) is 11.4. The number of halogens is 2. The first-order valence-electron chi connectivity index (χ1n) is 14.0. The fourth-order valence-electron chi connectivity index (χ4n) is 3.70. The van der Waals surface area contributed by atoms with Crippen molar-refractivity contribution < 1.29 is 33.4 Å². The molecule has 234 valence electrons. The molecule has 0 aromatic heterocycles. The lowest BCUT2D eigenvalue weighted by atomic mass is 10.0. The highest BCUT2D eigenvalue weighted by Gasteiger charge is 2.30. The molecule has 1 aliphatic rings. The molecular weight excluding hydrogens is 585 g/mol. The number of allylic oxidation sites excluding steroid dienone is 4. The number of carbonyl (C=O) groups excluding carboxylic acids is 5. The van der Waals surface area contributed by atoms with Crippen LogP contribution in [0.15, 0.2) is 46.0 Å². The van der Waals surface area contributed by atoms with Crippen molar-refractivity contribution >= 4 is 52.9 Å². The third kappa shape index (κ3) is 12.4. The van der Waals surface area contributed by atoms with Gasteiger partial charge in [-0.1, -0.05) is 69.1 Å². The number of amides is 3. The Morgan fingerprint density at radius 3 is 2.24 bits per heavy atom. The van der Waals surface area contributed by atoms with Gasteiger partial charge >= 0.3 is 12.1 Å². The summed E-state index contributed by atoms with van der Waals surface area (Å²) >= 11 is 12.1. The Hall–Kier alpha value is -3.11. The second kappa shape index (κ2) is 18.4. The lowest BCUT2D eigenvalue weighted by Gasteiger charge is -2.24. The van der Waals surface area contributed by atoms with Crippen molar-refractivity contribution in [3.8, 4) is 0 Å². The molecule has 42 heavy (non-hydrogen) atoms. The van der Waals surface area contributed by atoms with Gasteiger partial charge in [-0.25, -0.2) is 9.59 Å². The van der Waals surface area contributed by atoms with Crippen molar-refractivity contribution in [2.24, 2.45) is 11.8 Å². The van der Waals surface area contributed by atoms with Gasteiger partial charge in [-0.15, -0.1) is 6.58 Å². The van der Waals surface area contributed by atoms with E-state index in [1.54, 1.807) is 26.8 Å². The van der Waals surface area contributed by atoms with Crippen LogP contribution in [0.3, 0.4) is 0 Å². The number of hydrogen-bond acceptors (Lipinski definition) is 7. The summed E-state index contributed by atoms with van der Waals surface area (Å²) in [5.74, 6) is -2.60. The third-order valence-electron chi connectivity index (χ3n) is 6.51. The molecule has 0 heterocycles. The average Bonchev–Trinajstić information content (AvgIpc) is 2.94. The van der Waals surface area contributed by atoms with Crippen LogP contribution in [-0.2, 0) is 28.7 Å². The first-order valence-corrected chi connectivity index (χ1v) is 14.7. The molecule has 0 aliphatic heterocycles. The highest BCUT2D eigenvalue weighted by molar-refractivity contribution is 6.39. The standard InChI is InChI=1S/C30H43Cl2N3O7/c1-8-18(5)13-14-19(6)15-42-30(40)35-26(17(3)4)28(38)33-20(7)27(37)34-23(9-2)24(36)16-41-29(39)25-21(31)11-10-12-22(25)32/h8,11,14,17-18,20,23,26H,1,9-10,12-13,15-16H2,2-7H3,(H,33,38)(H,34,37)(H,35,40)/b19-14+/t18?,20-,23-,26-/m0/s1. The van der Waals surface area contributed by atoms with Crippen LogP contribution < -0.4 is 16.0 Å². The molecule has 0 radical (unpaired) electrons. The zero-order valence-corrected chi connectivity index (χ0v) is 26.7. The van der Waals surface area contributed by atoms with E-state index in [2.05, 4.69) is 22.5 Å². The van der Waals surface area contributed by atoms with E-state index >= 15 is 0 Å². The number of Topliss-reactive ketones (excluding diaryl/α,β-unsaturated/α-hetero) is 1. The first-order chi connectivity index (χ1) is 19.7. The van der Waals surface area contributed by atoms with Gasteiger partial charge in [0, 0.05) is 5.03 Å². The van der Waals surface area contributed by atoms with Gasteiger partial charge in [0.15, 0.2) is 12.4 Å². The predicted molar refractivity (Wildman–Crippen MR) is 163 cm³/mol. The zero-order chi connectivity index (χ0) is 32.0. The molecule has 0 spiro atoms. The van der Waals surface area contributed by atoms with Crippen LogP contribution in [0.5, 0.6) is 0 Å². The second-order valence-electron chi connectivity index (χ2n) is 10.6. The normalized spacial score (nSPS) is 16.4. The molecule has 1 aliphatic carbocycles. The van der Waals surface area contributed by atoms with Gasteiger partial charge in [-0.05, 0) is 56.9 Å². The molecule has 0 aromatic carbocycles. The minimum Gasteiger partial charge on any atom is -0.454 e. The van der Waals surface area contributed by atoms with Crippen molar-refractivity contribution in [1.82, 2.24) is 16.0 Å².